The van der Waals surface area contributed by atoms with Crippen molar-refractivity contribution in [3.63, 3.8) is 0 Å². The fourth-order valence-corrected chi connectivity index (χ4v) is 0.425. The second-order valence-corrected chi connectivity index (χ2v) is 1.54. The SMILES string of the molecule is Clc1c[c-]cnc1.[Br-].[Mg+2]. The molecule has 1 aromatic rings. The molecule has 1 rings (SSSR count). The van der Waals surface area contributed by atoms with Crippen LogP contribution in [-0.4, -0.2) is 28.0 Å². The van der Waals surface area contributed by atoms with Gasteiger partial charge in [0, 0.05) is 0 Å². The van der Waals surface area contributed by atoms with Crippen LogP contribution in [0.2, 0.25) is 5.02 Å². The first kappa shape index (κ1) is 12.4. The van der Waals surface area contributed by atoms with E-state index in [9.17, 15) is 0 Å². The fourth-order valence-electron chi connectivity index (χ4n) is 0.306. The van der Waals surface area contributed by atoms with Crippen LogP contribution in [0.3, 0.4) is 0 Å². The maximum atomic E-state index is 5.45. The van der Waals surface area contributed by atoms with Crippen LogP contribution < -0.4 is 17.0 Å². The molecule has 0 spiro atoms. The maximum Gasteiger partial charge on any atom is 2.00 e. The predicted octanol–water partition coefficient (Wildman–Crippen LogP) is -1.84. The molecule has 0 aliphatic rings. The number of aromatic nitrogens is 1. The average Bonchev–Trinajstić information content (AvgIpc) is 1.69. The molecule has 0 unspecified atom stereocenters. The second kappa shape index (κ2) is 6.80. The summed E-state index contributed by atoms with van der Waals surface area (Å²) in [4.78, 5) is 3.70. The maximum absolute atomic E-state index is 5.45. The van der Waals surface area contributed by atoms with Crippen LogP contribution in [0.15, 0.2) is 18.5 Å². The van der Waals surface area contributed by atoms with Gasteiger partial charge in [0.15, 0.2) is 0 Å². The molecule has 0 aliphatic carbocycles. The smallest absolute Gasteiger partial charge is 1.00 e. The first-order valence-corrected chi connectivity index (χ1v) is 2.24. The van der Waals surface area contributed by atoms with Gasteiger partial charge in [-0.25, -0.2) is 23.7 Å². The quantitative estimate of drug-likeness (QED) is 0.367. The third kappa shape index (κ3) is 5.15. The van der Waals surface area contributed by atoms with Crippen molar-refractivity contribution in [1.29, 1.82) is 0 Å². The minimum absolute atomic E-state index is 0. The Bertz CT molecular complexity index is 147. The summed E-state index contributed by atoms with van der Waals surface area (Å²) in [6.45, 7) is 0. The van der Waals surface area contributed by atoms with E-state index in [1.807, 2.05) is 0 Å². The molecule has 0 amide bonds. The van der Waals surface area contributed by atoms with Crippen molar-refractivity contribution in [3.8, 4) is 0 Å². The van der Waals surface area contributed by atoms with Crippen molar-refractivity contribution in [2.75, 3.05) is 0 Å². The third-order valence-electron chi connectivity index (χ3n) is 0.568. The topological polar surface area (TPSA) is 12.9 Å². The molecule has 0 radical (unpaired) electrons. The Kier molecular flexibility index (Phi) is 9.35. The predicted molar refractivity (Wildman–Crippen MR) is 33.8 cm³/mol. The van der Waals surface area contributed by atoms with Crippen molar-refractivity contribution >= 4 is 34.7 Å². The first-order valence-electron chi connectivity index (χ1n) is 1.86. The molecule has 1 nitrogen and oxygen atoms in total. The number of rotatable bonds is 0. The summed E-state index contributed by atoms with van der Waals surface area (Å²) in [6.07, 6.45) is 3.13. The molecule has 0 aliphatic heterocycles. The molecule has 0 fully saturated rings. The summed E-state index contributed by atoms with van der Waals surface area (Å²) in [5, 5.41) is 0.627. The van der Waals surface area contributed by atoms with Gasteiger partial charge < -0.3 is 22.0 Å². The van der Waals surface area contributed by atoms with E-state index < -0.39 is 0 Å². The summed E-state index contributed by atoms with van der Waals surface area (Å²) in [5.41, 5.74) is 0. The zero-order chi connectivity index (χ0) is 5.11. The molecular weight excluding hydrogens is 214 g/mol. The number of hydrogen-bond donors (Lipinski definition) is 0. The fraction of sp³-hybridized carbons (Fsp3) is 0. The van der Waals surface area contributed by atoms with E-state index in [0.717, 1.165) is 0 Å². The zero-order valence-electron chi connectivity index (χ0n) is 4.64. The van der Waals surface area contributed by atoms with Crippen molar-refractivity contribution in [3.05, 3.63) is 29.5 Å². The first-order chi connectivity index (χ1) is 3.39. The van der Waals surface area contributed by atoms with E-state index in [0.29, 0.717) is 5.02 Å². The number of pyridine rings is 1. The van der Waals surface area contributed by atoms with Crippen LogP contribution in [0.5, 0.6) is 0 Å². The molecule has 0 bridgehead atoms. The average molecular weight is 217 g/mol. The summed E-state index contributed by atoms with van der Waals surface area (Å²) in [6, 6.07) is 4.38. The van der Waals surface area contributed by atoms with Gasteiger partial charge in [-0.1, -0.05) is 11.2 Å². The Morgan fingerprint density at radius 3 is 2.44 bits per heavy atom. The Morgan fingerprint density at radius 2 is 2.22 bits per heavy atom. The van der Waals surface area contributed by atoms with E-state index in [1.165, 1.54) is 0 Å². The van der Waals surface area contributed by atoms with Gasteiger partial charge in [0.2, 0.25) is 0 Å². The zero-order valence-corrected chi connectivity index (χ0v) is 8.40. The van der Waals surface area contributed by atoms with Gasteiger partial charge in [0.1, 0.15) is 0 Å². The van der Waals surface area contributed by atoms with E-state index in [4.69, 9.17) is 11.6 Å². The van der Waals surface area contributed by atoms with Crippen LogP contribution in [0.4, 0.5) is 0 Å². The minimum Gasteiger partial charge on any atom is -1.00 e. The van der Waals surface area contributed by atoms with E-state index in [2.05, 4.69) is 11.1 Å². The van der Waals surface area contributed by atoms with E-state index >= 15 is 0 Å². The summed E-state index contributed by atoms with van der Waals surface area (Å²) in [7, 11) is 0. The van der Waals surface area contributed by atoms with Gasteiger partial charge in [0.05, 0.1) is 0 Å². The van der Waals surface area contributed by atoms with Gasteiger partial charge in [-0.3, -0.25) is 0 Å². The largest absolute Gasteiger partial charge is 2.00 e. The summed E-state index contributed by atoms with van der Waals surface area (Å²) in [5.74, 6) is 0. The number of halogens is 2. The van der Waals surface area contributed by atoms with E-state index in [-0.39, 0.29) is 40.0 Å². The Labute approximate surface area is 85.7 Å². The van der Waals surface area contributed by atoms with Gasteiger partial charge in [0.25, 0.3) is 0 Å². The molecule has 4 heteroatoms. The number of hydrogen-bond acceptors (Lipinski definition) is 1. The molecule has 44 valence electrons. The van der Waals surface area contributed by atoms with Gasteiger partial charge in [-0.05, 0) is 6.20 Å². The van der Waals surface area contributed by atoms with Crippen molar-refractivity contribution in [2.24, 2.45) is 0 Å². The van der Waals surface area contributed by atoms with E-state index in [1.54, 1.807) is 18.5 Å². The Hall–Kier alpha value is 0.686. The van der Waals surface area contributed by atoms with Crippen molar-refractivity contribution in [2.45, 2.75) is 0 Å². The molecule has 0 saturated carbocycles. The molecule has 0 saturated heterocycles. The molecular formula is C5H3BrClMgN. The molecule has 1 heterocycles. The Balaban J connectivity index is 0. The standard InChI is InChI=1S/C5H3ClN.BrH.Mg/c6-5-2-1-3-7-4-5;;/h2-4H;1H;/q-1;;+2/p-1. The Morgan fingerprint density at radius 1 is 1.56 bits per heavy atom. The second-order valence-electron chi connectivity index (χ2n) is 1.10. The molecule has 9 heavy (non-hydrogen) atoms. The monoisotopic (exact) mass is 215 g/mol. The minimum atomic E-state index is 0. The van der Waals surface area contributed by atoms with Crippen LogP contribution in [0.1, 0.15) is 0 Å². The number of nitrogens with zero attached hydrogens (tertiary/aromatic N) is 1. The normalized spacial score (nSPS) is 6.78. The summed E-state index contributed by atoms with van der Waals surface area (Å²) >= 11 is 5.45. The molecule has 1 aromatic heterocycles. The van der Waals surface area contributed by atoms with Crippen molar-refractivity contribution in [1.82, 2.24) is 4.98 Å². The van der Waals surface area contributed by atoms with Crippen LogP contribution in [-0.2, 0) is 0 Å². The summed E-state index contributed by atoms with van der Waals surface area (Å²) < 4.78 is 0. The van der Waals surface area contributed by atoms with Crippen LogP contribution in [0.25, 0.3) is 0 Å². The van der Waals surface area contributed by atoms with Gasteiger partial charge >= 0.3 is 23.1 Å². The van der Waals surface area contributed by atoms with Crippen molar-refractivity contribution < 1.29 is 17.0 Å². The molecule has 0 N–H and O–H groups in total. The molecule has 0 atom stereocenters. The molecule has 0 aromatic carbocycles. The van der Waals surface area contributed by atoms with Gasteiger partial charge in [-0.2, -0.15) is 0 Å². The van der Waals surface area contributed by atoms with Gasteiger partial charge in [-0.15, -0.1) is 0 Å². The third-order valence-corrected chi connectivity index (χ3v) is 0.775. The van der Waals surface area contributed by atoms with Crippen LogP contribution >= 0.6 is 11.6 Å². The van der Waals surface area contributed by atoms with Crippen LogP contribution in [0, 0.1) is 6.07 Å².